The van der Waals surface area contributed by atoms with E-state index in [1.807, 2.05) is 17.0 Å². The summed E-state index contributed by atoms with van der Waals surface area (Å²) in [5.74, 6) is 0.861. The van der Waals surface area contributed by atoms with Crippen LogP contribution in [-0.2, 0) is 6.54 Å². The highest BCUT2D eigenvalue weighted by Gasteiger charge is 2.19. The van der Waals surface area contributed by atoms with Gasteiger partial charge in [0.05, 0.1) is 14.2 Å². The summed E-state index contributed by atoms with van der Waals surface area (Å²) in [7, 11) is 3.14. The molecule has 7 nitrogen and oxygen atoms in total. The van der Waals surface area contributed by atoms with Gasteiger partial charge >= 0.3 is 0 Å². The van der Waals surface area contributed by atoms with Gasteiger partial charge < -0.3 is 19.7 Å². The molecule has 1 aromatic heterocycles. The second kappa shape index (κ2) is 9.91. The summed E-state index contributed by atoms with van der Waals surface area (Å²) >= 11 is 0. The van der Waals surface area contributed by atoms with Crippen LogP contribution in [0.1, 0.15) is 52.1 Å². The molecule has 2 aromatic rings. The molecule has 29 heavy (non-hydrogen) atoms. The Hall–Kier alpha value is -3.09. The van der Waals surface area contributed by atoms with Gasteiger partial charge in [-0.15, -0.1) is 0 Å². The molecule has 1 aromatic carbocycles. The Labute approximate surface area is 171 Å². The van der Waals surface area contributed by atoms with E-state index >= 15 is 0 Å². The Morgan fingerprint density at radius 1 is 1.00 bits per heavy atom. The first kappa shape index (κ1) is 20.6. The van der Waals surface area contributed by atoms with Crippen molar-refractivity contribution in [2.24, 2.45) is 0 Å². The molecule has 0 aliphatic carbocycles. The van der Waals surface area contributed by atoms with E-state index in [1.54, 1.807) is 32.4 Å². The fourth-order valence-corrected chi connectivity index (χ4v) is 3.41. The van der Waals surface area contributed by atoms with E-state index in [4.69, 9.17) is 9.47 Å². The van der Waals surface area contributed by atoms with Crippen molar-refractivity contribution in [2.75, 3.05) is 27.3 Å². The highest BCUT2D eigenvalue weighted by Crippen LogP contribution is 2.27. The summed E-state index contributed by atoms with van der Waals surface area (Å²) in [5.41, 5.74) is 1.59. The Morgan fingerprint density at radius 2 is 1.72 bits per heavy atom. The number of hydrogen-bond acceptors (Lipinski definition) is 5. The molecule has 1 saturated heterocycles. The lowest BCUT2D eigenvalue weighted by Crippen LogP contribution is -2.32. The molecule has 1 aliphatic heterocycles. The first-order chi connectivity index (χ1) is 14.1. The zero-order chi connectivity index (χ0) is 20.6. The fraction of sp³-hybridized carbons (Fsp3) is 0.409. The van der Waals surface area contributed by atoms with E-state index in [9.17, 15) is 9.59 Å². The van der Waals surface area contributed by atoms with Crippen LogP contribution in [0, 0.1) is 0 Å². The number of carbonyl (C=O) groups excluding carboxylic acids is 2. The van der Waals surface area contributed by atoms with Crippen molar-refractivity contribution in [1.29, 1.82) is 0 Å². The third-order valence-electron chi connectivity index (χ3n) is 5.03. The monoisotopic (exact) mass is 397 g/mol. The van der Waals surface area contributed by atoms with E-state index in [2.05, 4.69) is 10.3 Å². The molecule has 2 heterocycles. The quantitative estimate of drug-likeness (QED) is 0.810. The summed E-state index contributed by atoms with van der Waals surface area (Å²) in [6.07, 6.45) is 5.87. The largest absolute Gasteiger partial charge is 0.493 e. The van der Waals surface area contributed by atoms with E-state index in [-0.39, 0.29) is 17.5 Å². The Bertz CT molecular complexity index is 861. The number of benzene rings is 1. The van der Waals surface area contributed by atoms with Crippen molar-refractivity contribution < 1.29 is 19.1 Å². The van der Waals surface area contributed by atoms with Crippen molar-refractivity contribution in [3.05, 3.63) is 53.3 Å². The van der Waals surface area contributed by atoms with Crippen LogP contribution >= 0.6 is 0 Å². The molecule has 1 fully saturated rings. The van der Waals surface area contributed by atoms with Gasteiger partial charge in [-0.25, -0.2) is 0 Å². The Balaban J connectivity index is 1.65. The number of nitrogens with zero attached hydrogens (tertiary/aromatic N) is 2. The zero-order valence-electron chi connectivity index (χ0n) is 16.9. The molecular formula is C22H27N3O4. The van der Waals surface area contributed by atoms with E-state index in [1.165, 1.54) is 6.20 Å². The number of carbonyl (C=O) groups is 2. The molecule has 0 atom stereocenters. The van der Waals surface area contributed by atoms with E-state index < -0.39 is 0 Å². The number of methoxy groups -OCH3 is 2. The summed E-state index contributed by atoms with van der Waals surface area (Å²) in [6, 6.07) is 8.69. The molecule has 0 unspecified atom stereocenters. The van der Waals surface area contributed by atoms with Gasteiger partial charge in [0.25, 0.3) is 11.8 Å². The molecule has 7 heteroatoms. The van der Waals surface area contributed by atoms with Crippen molar-refractivity contribution in [2.45, 2.75) is 32.2 Å². The van der Waals surface area contributed by atoms with Crippen LogP contribution in [0.25, 0.3) is 0 Å². The lowest BCUT2D eigenvalue weighted by atomic mass is 10.1. The van der Waals surface area contributed by atoms with Gasteiger partial charge in [-0.1, -0.05) is 18.9 Å². The van der Waals surface area contributed by atoms with Gasteiger partial charge in [-0.2, -0.15) is 0 Å². The number of ether oxygens (including phenoxy) is 2. The minimum Gasteiger partial charge on any atom is -0.493 e. The molecule has 0 spiro atoms. The molecule has 0 saturated carbocycles. The van der Waals surface area contributed by atoms with Crippen LogP contribution in [0.5, 0.6) is 11.5 Å². The van der Waals surface area contributed by atoms with Gasteiger partial charge in [0, 0.05) is 31.4 Å². The average molecular weight is 397 g/mol. The smallest absolute Gasteiger partial charge is 0.270 e. The number of amides is 2. The van der Waals surface area contributed by atoms with Gasteiger partial charge in [0.2, 0.25) is 0 Å². The van der Waals surface area contributed by atoms with Gasteiger partial charge in [-0.3, -0.25) is 14.6 Å². The van der Waals surface area contributed by atoms with Gasteiger partial charge in [0.15, 0.2) is 11.5 Å². The van der Waals surface area contributed by atoms with Crippen LogP contribution in [0.3, 0.4) is 0 Å². The Kier molecular flexibility index (Phi) is 7.05. The maximum Gasteiger partial charge on any atom is 0.270 e. The number of rotatable bonds is 6. The molecule has 154 valence electrons. The first-order valence-corrected chi connectivity index (χ1v) is 9.87. The zero-order valence-corrected chi connectivity index (χ0v) is 16.9. The SMILES string of the molecule is COc1ccc(CNC(=O)c2cc(C(=O)N3CCCCCC3)ccn2)cc1OC. The number of hydrogen-bond donors (Lipinski definition) is 1. The van der Waals surface area contributed by atoms with Crippen molar-refractivity contribution >= 4 is 11.8 Å². The predicted octanol–water partition coefficient (Wildman–Crippen LogP) is 3.05. The van der Waals surface area contributed by atoms with Crippen molar-refractivity contribution in [1.82, 2.24) is 15.2 Å². The molecule has 0 bridgehead atoms. The highest BCUT2D eigenvalue weighted by atomic mass is 16.5. The highest BCUT2D eigenvalue weighted by molar-refractivity contribution is 5.98. The lowest BCUT2D eigenvalue weighted by Gasteiger charge is -2.20. The average Bonchev–Trinajstić information content (AvgIpc) is 3.06. The van der Waals surface area contributed by atoms with Crippen molar-refractivity contribution in [3.63, 3.8) is 0 Å². The van der Waals surface area contributed by atoms with Crippen LogP contribution in [0.4, 0.5) is 0 Å². The summed E-state index contributed by atoms with van der Waals surface area (Å²) in [6.45, 7) is 1.84. The standard InChI is InChI=1S/C22H27N3O4/c1-28-19-8-7-16(13-20(19)29-2)15-24-21(26)18-14-17(9-10-23-18)22(27)25-11-5-3-4-6-12-25/h7-10,13-14H,3-6,11-12,15H2,1-2H3,(H,24,26). The van der Waals surface area contributed by atoms with Gasteiger partial charge in [0.1, 0.15) is 5.69 Å². The fourth-order valence-electron chi connectivity index (χ4n) is 3.41. The predicted molar refractivity (Wildman–Crippen MR) is 109 cm³/mol. The third-order valence-corrected chi connectivity index (χ3v) is 5.03. The second-order valence-electron chi connectivity index (χ2n) is 7.01. The first-order valence-electron chi connectivity index (χ1n) is 9.87. The number of nitrogens with one attached hydrogen (secondary N) is 1. The minimum atomic E-state index is -0.328. The number of aromatic nitrogens is 1. The molecule has 0 radical (unpaired) electrons. The summed E-state index contributed by atoms with van der Waals surface area (Å²) in [5, 5.41) is 2.84. The second-order valence-corrected chi connectivity index (χ2v) is 7.01. The Morgan fingerprint density at radius 3 is 2.41 bits per heavy atom. The van der Waals surface area contributed by atoms with Crippen LogP contribution in [-0.4, -0.2) is 49.0 Å². The van der Waals surface area contributed by atoms with Crippen LogP contribution in [0.15, 0.2) is 36.5 Å². The topological polar surface area (TPSA) is 80.8 Å². The lowest BCUT2D eigenvalue weighted by molar-refractivity contribution is 0.0761. The van der Waals surface area contributed by atoms with E-state index in [0.29, 0.717) is 23.6 Å². The van der Waals surface area contributed by atoms with Crippen LogP contribution in [0.2, 0.25) is 0 Å². The van der Waals surface area contributed by atoms with Crippen molar-refractivity contribution in [3.8, 4) is 11.5 Å². The number of likely N-dealkylation sites (tertiary alicyclic amines) is 1. The molecular weight excluding hydrogens is 370 g/mol. The number of pyridine rings is 1. The maximum atomic E-state index is 12.8. The normalized spacial score (nSPS) is 14.1. The molecule has 2 amide bonds. The molecule has 1 aliphatic rings. The minimum absolute atomic E-state index is 0.0387. The third kappa shape index (κ3) is 5.25. The van der Waals surface area contributed by atoms with E-state index in [0.717, 1.165) is 44.3 Å². The molecule has 3 rings (SSSR count). The molecule has 1 N–H and O–H groups in total. The van der Waals surface area contributed by atoms with Gasteiger partial charge in [-0.05, 0) is 42.7 Å². The summed E-state index contributed by atoms with van der Waals surface area (Å²) in [4.78, 5) is 31.3. The summed E-state index contributed by atoms with van der Waals surface area (Å²) < 4.78 is 10.5. The maximum absolute atomic E-state index is 12.8. The van der Waals surface area contributed by atoms with Crippen LogP contribution < -0.4 is 14.8 Å².